The zero-order chi connectivity index (χ0) is 23.8. The van der Waals surface area contributed by atoms with Crippen molar-refractivity contribution in [2.45, 2.75) is 17.9 Å². The number of benzene rings is 2. The summed E-state index contributed by atoms with van der Waals surface area (Å²) < 4.78 is 29.7. The number of thiazole rings is 1. The third-order valence-electron chi connectivity index (χ3n) is 5.71. The Hall–Kier alpha value is -3.02. The van der Waals surface area contributed by atoms with Gasteiger partial charge in [0.05, 0.1) is 15.1 Å². The van der Waals surface area contributed by atoms with Crippen LogP contribution in [-0.4, -0.2) is 66.2 Å². The Morgan fingerprint density at radius 3 is 2.36 bits per heavy atom. The molecule has 1 fully saturated rings. The molecule has 4 rings (SSSR count). The van der Waals surface area contributed by atoms with Crippen molar-refractivity contribution in [3.63, 3.8) is 0 Å². The van der Waals surface area contributed by atoms with E-state index in [0.717, 1.165) is 11.3 Å². The van der Waals surface area contributed by atoms with Crippen LogP contribution >= 0.6 is 11.3 Å². The van der Waals surface area contributed by atoms with E-state index in [1.165, 1.54) is 21.0 Å². The first kappa shape index (κ1) is 23.1. The van der Waals surface area contributed by atoms with Gasteiger partial charge in [-0.05, 0) is 37.3 Å². The Balaban J connectivity index is 1.40. The van der Waals surface area contributed by atoms with Crippen LogP contribution in [0, 0.1) is 0 Å². The molecule has 11 heteroatoms. The van der Waals surface area contributed by atoms with E-state index >= 15 is 0 Å². The molecule has 0 saturated carbocycles. The molecule has 1 aliphatic heterocycles. The second-order valence-corrected chi connectivity index (χ2v) is 10.8. The van der Waals surface area contributed by atoms with Crippen molar-refractivity contribution in [2.75, 3.05) is 26.2 Å². The van der Waals surface area contributed by atoms with Gasteiger partial charge in [0.2, 0.25) is 15.9 Å². The molecule has 0 radical (unpaired) electrons. The second-order valence-electron chi connectivity index (χ2n) is 7.85. The molecule has 1 aromatic heterocycles. The summed E-state index contributed by atoms with van der Waals surface area (Å²) in [7, 11) is -2.11. The maximum Gasteiger partial charge on any atom is 0.307 e. The number of hydrogen-bond acceptors (Lipinski definition) is 6. The number of amides is 2. The standard InChI is InChI=1S/C22H24N4O5S2/c1-15(23-20(27)16-6-4-3-5-7-16)21(28)25-10-12-26(13-11-25)33(30,31)17-8-9-18-19(14-17)32-22(29)24(18)2/h3-9,14-15H,10-13H2,1-2H3,(H,23,27)/t15-/m0/s1. The molecule has 1 N–H and O–H groups in total. The van der Waals surface area contributed by atoms with Crippen LogP contribution in [0.15, 0.2) is 58.2 Å². The SMILES string of the molecule is C[C@H](NC(=O)c1ccccc1)C(=O)N1CCN(S(=O)(=O)c2ccc3c(c2)sc(=O)n3C)CC1. The van der Waals surface area contributed by atoms with Crippen LogP contribution in [-0.2, 0) is 21.9 Å². The second kappa shape index (κ2) is 9.08. The Bertz CT molecular complexity index is 1360. The Morgan fingerprint density at radius 2 is 1.70 bits per heavy atom. The minimum Gasteiger partial charge on any atom is -0.341 e. The van der Waals surface area contributed by atoms with E-state index in [0.29, 0.717) is 15.8 Å². The van der Waals surface area contributed by atoms with Crippen molar-refractivity contribution >= 4 is 43.4 Å². The van der Waals surface area contributed by atoms with Gasteiger partial charge in [-0.15, -0.1) is 0 Å². The van der Waals surface area contributed by atoms with Gasteiger partial charge >= 0.3 is 4.87 Å². The lowest BCUT2D eigenvalue weighted by atomic mass is 10.2. The molecule has 3 aromatic rings. The quantitative estimate of drug-likeness (QED) is 0.582. The van der Waals surface area contributed by atoms with Gasteiger partial charge in [-0.3, -0.25) is 14.4 Å². The number of nitrogens with one attached hydrogen (secondary N) is 1. The summed E-state index contributed by atoms with van der Waals surface area (Å²) in [6, 6.07) is 12.6. The number of piperazine rings is 1. The van der Waals surface area contributed by atoms with Crippen LogP contribution in [0.5, 0.6) is 0 Å². The van der Waals surface area contributed by atoms with E-state index in [2.05, 4.69) is 5.32 Å². The number of sulfonamides is 1. The summed E-state index contributed by atoms with van der Waals surface area (Å²) in [5.74, 6) is -0.594. The summed E-state index contributed by atoms with van der Waals surface area (Å²) in [6.45, 7) is 2.37. The number of fused-ring (bicyclic) bond motifs is 1. The molecule has 9 nitrogen and oxygen atoms in total. The van der Waals surface area contributed by atoms with E-state index < -0.39 is 16.1 Å². The lowest BCUT2D eigenvalue weighted by Crippen LogP contribution is -2.55. The number of hydrogen-bond donors (Lipinski definition) is 1. The zero-order valence-electron chi connectivity index (χ0n) is 18.2. The van der Waals surface area contributed by atoms with Crippen LogP contribution in [0.25, 0.3) is 10.2 Å². The van der Waals surface area contributed by atoms with Gasteiger partial charge in [-0.2, -0.15) is 4.31 Å². The van der Waals surface area contributed by atoms with Crippen LogP contribution < -0.4 is 10.2 Å². The van der Waals surface area contributed by atoms with Crippen molar-refractivity contribution in [3.8, 4) is 0 Å². The molecule has 0 aliphatic carbocycles. The average molecular weight is 489 g/mol. The van der Waals surface area contributed by atoms with Crippen molar-refractivity contribution in [3.05, 3.63) is 63.8 Å². The van der Waals surface area contributed by atoms with Gasteiger partial charge in [0.25, 0.3) is 5.91 Å². The lowest BCUT2D eigenvalue weighted by molar-refractivity contribution is -0.134. The minimum absolute atomic E-state index is 0.125. The molecule has 1 aliphatic rings. The van der Waals surface area contributed by atoms with Crippen molar-refractivity contribution in [1.29, 1.82) is 0 Å². The number of carbonyl (C=O) groups excluding carboxylic acids is 2. The zero-order valence-corrected chi connectivity index (χ0v) is 19.9. The van der Waals surface area contributed by atoms with Crippen LogP contribution in [0.3, 0.4) is 0 Å². The number of aryl methyl sites for hydroxylation is 1. The molecule has 1 saturated heterocycles. The molecule has 174 valence electrons. The predicted octanol–water partition coefficient (Wildman–Crippen LogP) is 1.25. The van der Waals surface area contributed by atoms with Gasteiger partial charge < -0.3 is 14.8 Å². The van der Waals surface area contributed by atoms with Crippen LogP contribution in [0.1, 0.15) is 17.3 Å². The Kier molecular flexibility index (Phi) is 6.37. The topological polar surface area (TPSA) is 109 Å². The van der Waals surface area contributed by atoms with E-state index in [1.807, 2.05) is 0 Å². The fourth-order valence-corrected chi connectivity index (χ4v) is 6.22. The molecular weight excluding hydrogens is 464 g/mol. The monoisotopic (exact) mass is 488 g/mol. The molecule has 2 heterocycles. The first-order valence-corrected chi connectivity index (χ1v) is 12.7. The lowest BCUT2D eigenvalue weighted by Gasteiger charge is -2.35. The number of carbonyl (C=O) groups is 2. The fraction of sp³-hybridized carbons (Fsp3) is 0.318. The molecule has 2 amide bonds. The highest BCUT2D eigenvalue weighted by Gasteiger charge is 2.32. The molecule has 0 unspecified atom stereocenters. The van der Waals surface area contributed by atoms with E-state index in [1.54, 1.807) is 55.3 Å². The highest BCUT2D eigenvalue weighted by Crippen LogP contribution is 2.24. The summed E-state index contributed by atoms with van der Waals surface area (Å²) in [6.07, 6.45) is 0. The molecule has 33 heavy (non-hydrogen) atoms. The average Bonchev–Trinajstić information content (AvgIpc) is 3.11. The molecule has 1 atom stereocenters. The summed E-state index contributed by atoms with van der Waals surface area (Å²) in [4.78, 5) is 38.5. The Morgan fingerprint density at radius 1 is 1.03 bits per heavy atom. The third kappa shape index (κ3) is 4.56. The predicted molar refractivity (Wildman–Crippen MR) is 126 cm³/mol. The Labute approximate surface area is 195 Å². The van der Waals surface area contributed by atoms with Crippen LogP contribution in [0.2, 0.25) is 0 Å². The molecule has 0 bridgehead atoms. The minimum atomic E-state index is -3.76. The molecule has 2 aromatic carbocycles. The van der Waals surface area contributed by atoms with Gasteiger partial charge in [-0.25, -0.2) is 8.42 Å². The van der Waals surface area contributed by atoms with Crippen molar-refractivity contribution in [2.24, 2.45) is 7.05 Å². The first-order chi connectivity index (χ1) is 15.7. The fourth-order valence-electron chi connectivity index (χ4n) is 3.78. The highest BCUT2D eigenvalue weighted by atomic mass is 32.2. The normalized spacial score (nSPS) is 16.0. The van der Waals surface area contributed by atoms with E-state index in [9.17, 15) is 22.8 Å². The van der Waals surface area contributed by atoms with E-state index in [-0.39, 0.29) is 47.8 Å². The molecule has 0 spiro atoms. The van der Waals surface area contributed by atoms with Crippen molar-refractivity contribution in [1.82, 2.24) is 19.1 Å². The van der Waals surface area contributed by atoms with Gasteiger partial charge in [-0.1, -0.05) is 29.5 Å². The largest absolute Gasteiger partial charge is 0.341 e. The number of nitrogens with zero attached hydrogens (tertiary/aromatic N) is 3. The van der Waals surface area contributed by atoms with Gasteiger partial charge in [0.1, 0.15) is 6.04 Å². The maximum absolute atomic E-state index is 13.1. The van der Waals surface area contributed by atoms with Gasteiger partial charge in [0, 0.05) is 38.8 Å². The maximum atomic E-state index is 13.1. The van der Waals surface area contributed by atoms with E-state index in [4.69, 9.17) is 0 Å². The summed E-state index contributed by atoms with van der Waals surface area (Å²) in [5.41, 5.74) is 1.15. The first-order valence-electron chi connectivity index (χ1n) is 10.4. The molecular formula is C22H24N4O5S2. The summed E-state index contributed by atoms with van der Waals surface area (Å²) >= 11 is 1.00. The summed E-state index contributed by atoms with van der Waals surface area (Å²) in [5, 5.41) is 2.70. The highest BCUT2D eigenvalue weighted by molar-refractivity contribution is 7.89. The van der Waals surface area contributed by atoms with Crippen molar-refractivity contribution < 1.29 is 18.0 Å². The number of aromatic nitrogens is 1. The number of rotatable bonds is 5. The van der Waals surface area contributed by atoms with Crippen LogP contribution in [0.4, 0.5) is 0 Å². The smallest absolute Gasteiger partial charge is 0.307 e. The third-order valence-corrected chi connectivity index (χ3v) is 8.60. The van der Waals surface area contributed by atoms with Gasteiger partial charge in [0.15, 0.2) is 0 Å².